The van der Waals surface area contributed by atoms with Gasteiger partial charge in [0, 0.05) is 23.8 Å². The number of nitrogens with zero attached hydrogens (tertiary/aromatic N) is 2. The molecule has 0 fully saturated rings. The summed E-state index contributed by atoms with van der Waals surface area (Å²) in [6.45, 7) is 5.26. The zero-order valence-corrected chi connectivity index (χ0v) is 15.4. The monoisotopic (exact) mass is 403 g/mol. The minimum absolute atomic E-state index is 0.198. The minimum atomic E-state index is -0.198. The fraction of sp³-hybridized carbons (Fsp3) is 0.333. The van der Waals surface area contributed by atoms with Gasteiger partial charge in [-0.2, -0.15) is 5.10 Å². The van der Waals surface area contributed by atoms with Crippen LogP contribution in [0, 0.1) is 13.8 Å². The van der Waals surface area contributed by atoms with Crippen LogP contribution in [0.4, 0.5) is 0 Å². The second kappa shape index (κ2) is 7.49. The van der Waals surface area contributed by atoms with Crippen LogP contribution in [0.3, 0.4) is 0 Å². The Morgan fingerprint density at radius 3 is 2.68 bits per heavy atom. The number of halogens is 3. The molecule has 2 rings (SSSR count). The summed E-state index contributed by atoms with van der Waals surface area (Å²) in [5, 5.41) is 8.15. The number of benzene rings is 1. The van der Waals surface area contributed by atoms with E-state index in [1.165, 1.54) is 0 Å². The summed E-state index contributed by atoms with van der Waals surface area (Å²) in [4.78, 5) is 12.0. The lowest BCUT2D eigenvalue weighted by Crippen LogP contribution is -2.25. The molecule has 1 aromatic heterocycles. The van der Waals surface area contributed by atoms with E-state index in [-0.39, 0.29) is 5.91 Å². The summed E-state index contributed by atoms with van der Waals surface area (Å²) in [6, 6.07) is 4.83. The second-order valence-corrected chi connectivity index (χ2v) is 6.58. The number of amides is 1. The lowest BCUT2D eigenvalue weighted by Gasteiger charge is -2.08. The van der Waals surface area contributed by atoms with Crippen LogP contribution in [-0.2, 0) is 6.54 Å². The van der Waals surface area contributed by atoms with Gasteiger partial charge in [0.15, 0.2) is 0 Å². The molecule has 0 spiro atoms. The van der Waals surface area contributed by atoms with Crippen molar-refractivity contribution in [2.45, 2.75) is 26.8 Å². The average molecular weight is 405 g/mol. The molecule has 0 bridgehead atoms. The maximum absolute atomic E-state index is 12.0. The first-order valence-electron chi connectivity index (χ1n) is 6.83. The van der Waals surface area contributed by atoms with E-state index >= 15 is 0 Å². The highest BCUT2D eigenvalue weighted by atomic mass is 79.9. The third kappa shape index (κ3) is 4.03. The third-order valence-corrected chi connectivity index (χ3v) is 5.00. The lowest BCUT2D eigenvalue weighted by atomic mass is 10.2. The molecule has 2 aromatic rings. The number of nitrogens with one attached hydrogen (secondary N) is 1. The molecule has 118 valence electrons. The van der Waals surface area contributed by atoms with Gasteiger partial charge in [0.1, 0.15) is 0 Å². The summed E-state index contributed by atoms with van der Waals surface area (Å²) in [5.41, 5.74) is 2.49. The quantitative estimate of drug-likeness (QED) is 0.751. The molecule has 0 aliphatic carbocycles. The number of carbonyl (C=O) groups is 1. The van der Waals surface area contributed by atoms with Gasteiger partial charge in [-0.05, 0) is 54.4 Å². The molecule has 0 atom stereocenters. The van der Waals surface area contributed by atoms with Crippen LogP contribution in [-0.4, -0.2) is 22.2 Å². The number of hydrogen-bond donors (Lipinski definition) is 1. The second-order valence-electron chi connectivity index (χ2n) is 4.94. The van der Waals surface area contributed by atoms with Crippen molar-refractivity contribution in [1.29, 1.82) is 0 Å². The largest absolute Gasteiger partial charge is 0.352 e. The SMILES string of the molecule is Cc1nn(CCCNC(=O)c2ccc(Cl)cc2Cl)c(C)c1Br. The molecule has 1 N–H and O–H groups in total. The molecule has 1 amide bonds. The van der Waals surface area contributed by atoms with Crippen molar-refractivity contribution in [2.75, 3.05) is 6.54 Å². The normalized spacial score (nSPS) is 10.8. The first kappa shape index (κ1) is 17.3. The van der Waals surface area contributed by atoms with E-state index in [2.05, 4.69) is 26.3 Å². The molecule has 0 unspecified atom stereocenters. The van der Waals surface area contributed by atoms with Crippen molar-refractivity contribution in [2.24, 2.45) is 0 Å². The zero-order valence-electron chi connectivity index (χ0n) is 12.3. The van der Waals surface area contributed by atoms with Gasteiger partial charge >= 0.3 is 0 Å². The van der Waals surface area contributed by atoms with E-state index in [9.17, 15) is 4.79 Å². The molecule has 0 radical (unpaired) electrons. The highest BCUT2D eigenvalue weighted by Gasteiger charge is 2.11. The molecular formula is C15H16BrCl2N3O. The van der Waals surface area contributed by atoms with Gasteiger partial charge in [-0.1, -0.05) is 23.2 Å². The van der Waals surface area contributed by atoms with Crippen LogP contribution in [0.25, 0.3) is 0 Å². The van der Waals surface area contributed by atoms with Gasteiger partial charge in [0.05, 0.1) is 20.8 Å². The van der Waals surface area contributed by atoms with E-state index < -0.39 is 0 Å². The Morgan fingerprint density at radius 2 is 2.09 bits per heavy atom. The smallest absolute Gasteiger partial charge is 0.252 e. The molecule has 0 aliphatic rings. The van der Waals surface area contributed by atoms with Crippen molar-refractivity contribution < 1.29 is 4.79 Å². The maximum Gasteiger partial charge on any atom is 0.252 e. The highest BCUT2D eigenvalue weighted by Crippen LogP contribution is 2.21. The number of rotatable bonds is 5. The Kier molecular flexibility index (Phi) is 5.89. The number of aryl methyl sites for hydroxylation is 2. The molecule has 7 heteroatoms. The summed E-state index contributed by atoms with van der Waals surface area (Å²) in [7, 11) is 0. The van der Waals surface area contributed by atoms with Gasteiger partial charge in [-0.3, -0.25) is 9.48 Å². The van der Waals surface area contributed by atoms with Gasteiger partial charge in [0.2, 0.25) is 0 Å². The lowest BCUT2D eigenvalue weighted by molar-refractivity contribution is 0.0952. The predicted molar refractivity (Wildman–Crippen MR) is 92.8 cm³/mol. The van der Waals surface area contributed by atoms with E-state index in [1.807, 2.05) is 18.5 Å². The van der Waals surface area contributed by atoms with E-state index in [0.717, 1.165) is 28.8 Å². The van der Waals surface area contributed by atoms with Crippen LogP contribution < -0.4 is 5.32 Å². The summed E-state index contributed by atoms with van der Waals surface area (Å²) >= 11 is 15.3. The standard InChI is InChI=1S/C15H16BrCl2N3O/c1-9-14(16)10(2)21(20-9)7-3-6-19-15(22)12-5-4-11(17)8-13(12)18/h4-5,8H,3,6-7H2,1-2H3,(H,19,22). The Morgan fingerprint density at radius 1 is 1.36 bits per heavy atom. The van der Waals surface area contributed by atoms with Gasteiger partial charge < -0.3 is 5.32 Å². The number of carbonyl (C=O) groups excluding carboxylic acids is 1. The minimum Gasteiger partial charge on any atom is -0.352 e. The molecule has 0 saturated heterocycles. The van der Waals surface area contributed by atoms with E-state index in [1.54, 1.807) is 18.2 Å². The van der Waals surface area contributed by atoms with E-state index in [4.69, 9.17) is 23.2 Å². The van der Waals surface area contributed by atoms with Crippen LogP contribution in [0.2, 0.25) is 10.0 Å². The van der Waals surface area contributed by atoms with Crippen molar-refractivity contribution >= 4 is 45.0 Å². The fourth-order valence-electron chi connectivity index (χ4n) is 2.09. The van der Waals surface area contributed by atoms with Crippen LogP contribution >= 0.6 is 39.1 Å². The maximum atomic E-state index is 12.0. The summed E-state index contributed by atoms with van der Waals surface area (Å²) in [6.07, 6.45) is 0.783. The molecule has 22 heavy (non-hydrogen) atoms. The first-order chi connectivity index (χ1) is 10.4. The third-order valence-electron chi connectivity index (χ3n) is 3.30. The predicted octanol–water partition coefficient (Wildman–Crippen LogP) is 4.39. The van der Waals surface area contributed by atoms with Crippen LogP contribution in [0.5, 0.6) is 0 Å². The van der Waals surface area contributed by atoms with Crippen molar-refractivity contribution in [3.05, 3.63) is 49.7 Å². The van der Waals surface area contributed by atoms with Crippen molar-refractivity contribution in [3.63, 3.8) is 0 Å². The van der Waals surface area contributed by atoms with E-state index in [0.29, 0.717) is 22.2 Å². The number of hydrogen-bond acceptors (Lipinski definition) is 2. The fourth-order valence-corrected chi connectivity index (χ4v) is 2.87. The van der Waals surface area contributed by atoms with Gasteiger partial charge in [-0.25, -0.2) is 0 Å². The molecular weight excluding hydrogens is 389 g/mol. The molecule has 1 aromatic carbocycles. The Hall–Kier alpha value is -1.04. The average Bonchev–Trinajstić information content (AvgIpc) is 2.70. The zero-order chi connectivity index (χ0) is 16.3. The molecule has 0 aliphatic heterocycles. The van der Waals surface area contributed by atoms with Gasteiger partial charge in [0.25, 0.3) is 5.91 Å². The highest BCUT2D eigenvalue weighted by molar-refractivity contribution is 9.10. The Labute approximate surface area is 147 Å². The van der Waals surface area contributed by atoms with Crippen molar-refractivity contribution in [1.82, 2.24) is 15.1 Å². The number of aromatic nitrogens is 2. The Bertz CT molecular complexity index is 700. The summed E-state index contributed by atoms with van der Waals surface area (Å²) in [5.74, 6) is -0.198. The van der Waals surface area contributed by atoms with Gasteiger partial charge in [-0.15, -0.1) is 0 Å². The van der Waals surface area contributed by atoms with Crippen molar-refractivity contribution in [3.8, 4) is 0 Å². The topological polar surface area (TPSA) is 46.9 Å². The van der Waals surface area contributed by atoms with Crippen LogP contribution in [0.1, 0.15) is 28.2 Å². The van der Waals surface area contributed by atoms with Crippen LogP contribution in [0.15, 0.2) is 22.7 Å². The first-order valence-corrected chi connectivity index (χ1v) is 8.38. The molecule has 1 heterocycles. The summed E-state index contributed by atoms with van der Waals surface area (Å²) < 4.78 is 2.96. The molecule has 0 saturated carbocycles. The molecule has 4 nitrogen and oxygen atoms in total. The Balaban J connectivity index is 1.86.